The van der Waals surface area contributed by atoms with Gasteiger partial charge in [-0.2, -0.15) is 0 Å². The van der Waals surface area contributed by atoms with Crippen LogP contribution >= 0.6 is 0 Å². The van der Waals surface area contributed by atoms with Gasteiger partial charge in [0, 0.05) is 19.3 Å². The van der Waals surface area contributed by atoms with Gasteiger partial charge in [-0.15, -0.1) is 0 Å². The first kappa shape index (κ1) is 14.3. The maximum Gasteiger partial charge on any atom is 0.122 e. The molecule has 2 rings (SSSR count). The predicted octanol–water partition coefficient (Wildman–Crippen LogP) is 2.32. The van der Waals surface area contributed by atoms with Crippen LogP contribution in [0.15, 0.2) is 18.2 Å². The molecule has 0 radical (unpaired) electrons. The fourth-order valence-corrected chi connectivity index (χ4v) is 2.67. The van der Waals surface area contributed by atoms with Crippen LogP contribution in [0, 0.1) is 12.8 Å². The number of methoxy groups -OCH3 is 1. The maximum atomic E-state index is 5.73. The molecule has 4 nitrogen and oxygen atoms in total. The molecule has 1 aliphatic heterocycles. The monoisotopic (exact) mass is 264 g/mol. The molecule has 0 bridgehead atoms. The fourth-order valence-electron chi connectivity index (χ4n) is 2.67. The number of rotatable bonds is 5. The summed E-state index contributed by atoms with van der Waals surface area (Å²) in [7, 11) is 1.70. The van der Waals surface area contributed by atoms with Crippen LogP contribution in [-0.4, -0.2) is 20.3 Å². The molecule has 4 heteroatoms. The second-order valence-electron chi connectivity index (χ2n) is 5.24. The van der Waals surface area contributed by atoms with E-state index in [4.69, 9.17) is 15.3 Å². The van der Waals surface area contributed by atoms with Crippen molar-refractivity contribution in [3.05, 3.63) is 29.3 Å². The van der Waals surface area contributed by atoms with Crippen molar-refractivity contribution in [1.29, 1.82) is 0 Å². The quantitative estimate of drug-likeness (QED) is 0.633. The van der Waals surface area contributed by atoms with E-state index in [1.807, 2.05) is 6.92 Å². The molecule has 1 aliphatic rings. The van der Waals surface area contributed by atoms with E-state index in [1.54, 1.807) is 7.11 Å². The van der Waals surface area contributed by atoms with Gasteiger partial charge in [-0.1, -0.05) is 12.1 Å². The van der Waals surface area contributed by atoms with E-state index in [0.717, 1.165) is 43.8 Å². The number of hydrogen-bond acceptors (Lipinski definition) is 4. The van der Waals surface area contributed by atoms with Gasteiger partial charge < -0.3 is 9.47 Å². The predicted molar refractivity (Wildman–Crippen MR) is 76.0 cm³/mol. The first-order chi connectivity index (χ1) is 9.24. The molecule has 0 aliphatic carbocycles. The highest BCUT2D eigenvalue weighted by Crippen LogP contribution is 2.29. The third kappa shape index (κ3) is 3.69. The Hall–Kier alpha value is -1.10. The largest absolute Gasteiger partial charge is 0.496 e. The summed E-state index contributed by atoms with van der Waals surface area (Å²) in [4.78, 5) is 0. The van der Waals surface area contributed by atoms with Gasteiger partial charge in [-0.05, 0) is 49.3 Å². The smallest absolute Gasteiger partial charge is 0.122 e. The van der Waals surface area contributed by atoms with Crippen molar-refractivity contribution in [1.82, 2.24) is 5.43 Å². The van der Waals surface area contributed by atoms with Crippen LogP contribution in [0.1, 0.15) is 36.4 Å². The average Bonchev–Trinajstić information content (AvgIpc) is 2.46. The zero-order chi connectivity index (χ0) is 13.7. The zero-order valence-corrected chi connectivity index (χ0v) is 11.8. The summed E-state index contributed by atoms with van der Waals surface area (Å²) in [5, 5.41) is 0. The van der Waals surface area contributed by atoms with Gasteiger partial charge in [-0.3, -0.25) is 11.3 Å². The normalized spacial score (nSPS) is 18.3. The Balaban J connectivity index is 2.07. The Morgan fingerprint density at radius 3 is 2.79 bits per heavy atom. The van der Waals surface area contributed by atoms with Gasteiger partial charge in [0.15, 0.2) is 0 Å². The lowest BCUT2D eigenvalue weighted by atomic mass is 9.89. The van der Waals surface area contributed by atoms with Crippen molar-refractivity contribution in [2.45, 2.75) is 32.2 Å². The Bertz CT molecular complexity index is 403. The molecule has 1 aromatic rings. The maximum absolute atomic E-state index is 5.73. The van der Waals surface area contributed by atoms with Crippen LogP contribution in [0.2, 0.25) is 0 Å². The molecule has 3 N–H and O–H groups in total. The number of benzene rings is 1. The number of ether oxygens (including phenoxy) is 2. The number of aryl methyl sites for hydroxylation is 1. The molecular formula is C15H24N2O2. The van der Waals surface area contributed by atoms with Crippen LogP contribution in [0.3, 0.4) is 0 Å². The molecule has 1 saturated heterocycles. The Kier molecular flexibility index (Phi) is 5.19. The zero-order valence-electron chi connectivity index (χ0n) is 11.8. The Labute approximate surface area is 115 Å². The molecule has 1 fully saturated rings. The van der Waals surface area contributed by atoms with E-state index in [-0.39, 0.29) is 6.04 Å². The van der Waals surface area contributed by atoms with Gasteiger partial charge in [-0.25, -0.2) is 0 Å². The topological polar surface area (TPSA) is 56.5 Å². The highest BCUT2D eigenvalue weighted by Gasteiger charge is 2.20. The van der Waals surface area contributed by atoms with Crippen LogP contribution in [0.5, 0.6) is 5.75 Å². The van der Waals surface area contributed by atoms with Crippen molar-refractivity contribution in [3.8, 4) is 5.75 Å². The van der Waals surface area contributed by atoms with Crippen molar-refractivity contribution in [3.63, 3.8) is 0 Å². The lowest BCUT2D eigenvalue weighted by molar-refractivity contribution is 0.0605. The average molecular weight is 264 g/mol. The van der Waals surface area contributed by atoms with E-state index in [1.165, 1.54) is 5.56 Å². The van der Waals surface area contributed by atoms with Crippen LogP contribution in [-0.2, 0) is 4.74 Å². The number of nitrogens with one attached hydrogen (secondary N) is 1. The Morgan fingerprint density at radius 2 is 2.16 bits per heavy atom. The third-order valence-electron chi connectivity index (χ3n) is 3.95. The van der Waals surface area contributed by atoms with E-state index in [0.29, 0.717) is 5.92 Å². The summed E-state index contributed by atoms with van der Waals surface area (Å²) in [5.74, 6) is 7.33. The van der Waals surface area contributed by atoms with E-state index in [2.05, 4.69) is 23.6 Å². The number of hydrazine groups is 1. The first-order valence-electron chi connectivity index (χ1n) is 6.93. The highest BCUT2D eigenvalue weighted by atomic mass is 16.5. The molecular weight excluding hydrogens is 240 g/mol. The minimum atomic E-state index is 0.178. The summed E-state index contributed by atoms with van der Waals surface area (Å²) in [5.41, 5.74) is 5.28. The molecule has 0 aromatic heterocycles. The van der Waals surface area contributed by atoms with Crippen molar-refractivity contribution >= 4 is 0 Å². The molecule has 1 unspecified atom stereocenters. The molecule has 19 heavy (non-hydrogen) atoms. The molecule has 0 amide bonds. The van der Waals surface area contributed by atoms with E-state index in [9.17, 15) is 0 Å². The summed E-state index contributed by atoms with van der Waals surface area (Å²) in [6.07, 6.45) is 3.30. The number of hydrogen-bond donors (Lipinski definition) is 2. The summed E-state index contributed by atoms with van der Waals surface area (Å²) < 4.78 is 10.8. The summed E-state index contributed by atoms with van der Waals surface area (Å²) in [6.45, 7) is 3.80. The van der Waals surface area contributed by atoms with Gasteiger partial charge >= 0.3 is 0 Å². The SMILES string of the molecule is COc1cc(C(CC2CCOCC2)NN)ccc1C. The van der Waals surface area contributed by atoms with E-state index >= 15 is 0 Å². The van der Waals surface area contributed by atoms with Gasteiger partial charge in [0.1, 0.15) is 5.75 Å². The van der Waals surface area contributed by atoms with Gasteiger partial charge in [0.25, 0.3) is 0 Å². The Morgan fingerprint density at radius 1 is 1.42 bits per heavy atom. The van der Waals surface area contributed by atoms with Gasteiger partial charge in [0.05, 0.1) is 7.11 Å². The number of nitrogens with two attached hydrogens (primary N) is 1. The van der Waals surface area contributed by atoms with Crippen LogP contribution < -0.4 is 16.0 Å². The molecule has 1 atom stereocenters. The minimum Gasteiger partial charge on any atom is -0.496 e. The van der Waals surface area contributed by atoms with Crippen molar-refractivity contribution < 1.29 is 9.47 Å². The van der Waals surface area contributed by atoms with Gasteiger partial charge in [0.2, 0.25) is 0 Å². The first-order valence-corrected chi connectivity index (χ1v) is 6.93. The van der Waals surface area contributed by atoms with Crippen molar-refractivity contribution in [2.75, 3.05) is 20.3 Å². The second-order valence-corrected chi connectivity index (χ2v) is 5.24. The standard InChI is InChI=1S/C15H24N2O2/c1-11-3-4-13(10-15(11)18-2)14(17-16)9-12-5-7-19-8-6-12/h3-4,10,12,14,17H,5-9,16H2,1-2H3. The fraction of sp³-hybridized carbons (Fsp3) is 0.600. The summed E-state index contributed by atoms with van der Waals surface area (Å²) in [6, 6.07) is 6.47. The molecule has 1 heterocycles. The molecule has 1 aromatic carbocycles. The third-order valence-corrected chi connectivity index (χ3v) is 3.95. The second kappa shape index (κ2) is 6.89. The van der Waals surface area contributed by atoms with E-state index < -0.39 is 0 Å². The molecule has 106 valence electrons. The molecule has 0 spiro atoms. The van der Waals surface area contributed by atoms with Crippen LogP contribution in [0.4, 0.5) is 0 Å². The van der Waals surface area contributed by atoms with Crippen LogP contribution in [0.25, 0.3) is 0 Å². The lowest BCUT2D eigenvalue weighted by Crippen LogP contribution is -2.31. The highest BCUT2D eigenvalue weighted by molar-refractivity contribution is 5.37. The summed E-state index contributed by atoms with van der Waals surface area (Å²) >= 11 is 0. The van der Waals surface area contributed by atoms with Crippen molar-refractivity contribution in [2.24, 2.45) is 11.8 Å². The lowest BCUT2D eigenvalue weighted by Gasteiger charge is -2.26. The minimum absolute atomic E-state index is 0.178. The molecule has 0 saturated carbocycles.